The number of rotatable bonds is 7. The minimum atomic E-state index is -0.583. The number of benzene rings is 1. The predicted octanol–water partition coefficient (Wildman–Crippen LogP) is 3.33. The molecule has 0 aliphatic rings. The van der Waals surface area contributed by atoms with E-state index in [1.54, 1.807) is 17.8 Å². The van der Waals surface area contributed by atoms with Crippen LogP contribution < -0.4 is 16.2 Å². The second-order valence-electron chi connectivity index (χ2n) is 6.31. The maximum absolute atomic E-state index is 13.6. The van der Waals surface area contributed by atoms with Gasteiger partial charge in [-0.05, 0) is 36.2 Å². The third kappa shape index (κ3) is 3.76. The Morgan fingerprint density at radius 3 is 2.75 bits per heavy atom. The zero-order chi connectivity index (χ0) is 20.4. The van der Waals surface area contributed by atoms with E-state index in [0.717, 1.165) is 16.9 Å². The van der Waals surface area contributed by atoms with E-state index in [1.807, 2.05) is 6.07 Å². The summed E-state index contributed by atoms with van der Waals surface area (Å²) in [6.07, 6.45) is 1.95. The van der Waals surface area contributed by atoms with E-state index in [-0.39, 0.29) is 18.3 Å². The topological polar surface area (TPSA) is 96.2 Å². The van der Waals surface area contributed by atoms with E-state index >= 15 is 0 Å². The highest BCUT2D eigenvalue weighted by atomic mass is 35.5. The largest absolute Gasteiger partial charge is 0.487 e. The monoisotopic (exact) mass is 422 g/mol. The summed E-state index contributed by atoms with van der Waals surface area (Å²) in [7, 11) is 3.26. The number of amides is 1. The number of aromatic nitrogens is 2. The lowest BCUT2D eigenvalue weighted by atomic mass is 9.88. The molecule has 28 heavy (non-hydrogen) atoms. The Kier molecular flexibility index (Phi) is 6.02. The molecule has 6 nitrogen and oxygen atoms in total. The molecule has 0 bridgehead atoms. The van der Waals surface area contributed by atoms with Crippen molar-refractivity contribution in [2.24, 2.45) is 18.5 Å². The van der Waals surface area contributed by atoms with Gasteiger partial charge in [0.25, 0.3) is 5.91 Å². The van der Waals surface area contributed by atoms with Crippen molar-refractivity contribution in [3.05, 3.63) is 57.3 Å². The lowest BCUT2D eigenvalue weighted by Crippen LogP contribution is -2.20. The molecule has 4 N–H and O–H groups in total. The van der Waals surface area contributed by atoms with Crippen molar-refractivity contribution < 1.29 is 13.9 Å². The third-order valence-electron chi connectivity index (χ3n) is 4.52. The van der Waals surface area contributed by atoms with Gasteiger partial charge >= 0.3 is 0 Å². The molecule has 0 aliphatic carbocycles. The molecule has 0 saturated carbocycles. The number of thiophene rings is 1. The molecule has 0 saturated heterocycles. The van der Waals surface area contributed by atoms with Crippen molar-refractivity contribution in [2.45, 2.75) is 12.3 Å². The van der Waals surface area contributed by atoms with Crippen LogP contribution in [0.15, 0.2) is 30.5 Å². The van der Waals surface area contributed by atoms with Gasteiger partial charge in [0.1, 0.15) is 5.82 Å². The van der Waals surface area contributed by atoms with Crippen LogP contribution in [0, 0.1) is 5.82 Å². The van der Waals surface area contributed by atoms with E-state index in [2.05, 4.69) is 5.10 Å². The van der Waals surface area contributed by atoms with Gasteiger partial charge in [-0.1, -0.05) is 35.1 Å². The first kappa shape index (κ1) is 20.3. The number of aryl methyl sites for hydroxylation is 1. The van der Waals surface area contributed by atoms with Crippen LogP contribution in [0.1, 0.15) is 26.7 Å². The van der Waals surface area contributed by atoms with Gasteiger partial charge in [-0.3, -0.25) is 9.48 Å². The summed E-state index contributed by atoms with van der Waals surface area (Å²) in [5, 5.41) is 5.09. The number of hydrogen-bond acceptors (Lipinski definition) is 5. The maximum Gasteiger partial charge on any atom is 0.259 e. The number of methoxy groups -OCH3 is 1. The second-order valence-corrected chi connectivity index (χ2v) is 7.70. The average Bonchev–Trinajstić information content (AvgIpc) is 3.19. The molecular weight excluding hydrogens is 403 g/mol. The first-order valence-corrected chi connectivity index (χ1v) is 9.69. The molecule has 2 aromatic heterocycles. The van der Waals surface area contributed by atoms with E-state index in [1.165, 1.54) is 25.4 Å². The standard InChI is InChI=1S/C19H20ClFN4O2S/c1-25-16(13(20)9-24-25)15-14(17(18(23)26)28-19(15)27-2)11(8-22)6-10-4-3-5-12(21)7-10/h3-5,7,9,11H,6,8,22H2,1-2H3,(H2,23,26)/t11-/m1/s1. The Morgan fingerprint density at radius 2 is 2.21 bits per heavy atom. The molecule has 9 heteroatoms. The maximum atomic E-state index is 13.6. The van der Waals surface area contributed by atoms with Gasteiger partial charge in [0, 0.05) is 13.0 Å². The van der Waals surface area contributed by atoms with Crippen molar-refractivity contribution in [1.29, 1.82) is 0 Å². The van der Waals surface area contributed by atoms with Crippen molar-refractivity contribution >= 4 is 28.8 Å². The molecule has 0 radical (unpaired) electrons. The Hall–Kier alpha value is -2.42. The lowest BCUT2D eigenvalue weighted by molar-refractivity contribution is 0.100. The normalized spacial score (nSPS) is 12.2. The molecule has 1 amide bonds. The summed E-state index contributed by atoms with van der Waals surface area (Å²) >= 11 is 7.51. The summed E-state index contributed by atoms with van der Waals surface area (Å²) < 4.78 is 20.8. The van der Waals surface area contributed by atoms with Gasteiger partial charge in [-0.2, -0.15) is 5.10 Å². The van der Waals surface area contributed by atoms with Crippen molar-refractivity contribution in [2.75, 3.05) is 13.7 Å². The molecule has 0 unspecified atom stereocenters. The van der Waals surface area contributed by atoms with Crippen molar-refractivity contribution in [3.8, 4) is 16.3 Å². The van der Waals surface area contributed by atoms with Crippen LogP contribution in [-0.2, 0) is 13.5 Å². The van der Waals surface area contributed by atoms with Crippen LogP contribution in [0.4, 0.5) is 4.39 Å². The minimum Gasteiger partial charge on any atom is -0.487 e. The highest BCUT2D eigenvalue weighted by molar-refractivity contribution is 7.16. The molecule has 0 spiro atoms. The van der Waals surface area contributed by atoms with E-state index in [4.69, 9.17) is 27.8 Å². The lowest BCUT2D eigenvalue weighted by Gasteiger charge is -2.18. The Bertz CT molecular complexity index is 998. The third-order valence-corrected chi connectivity index (χ3v) is 5.97. The number of halogens is 2. The molecule has 0 aliphatic heterocycles. The van der Waals surface area contributed by atoms with Crippen LogP contribution in [0.5, 0.6) is 5.06 Å². The second kappa shape index (κ2) is 8.30. The molecule has 0 fully saturated rings. The molecule has 1 aromatic carbocycles. The van der Waals surface area contributed by atoms with Gasteiger partial charge in [0.05, 0.1) is 34.5 Å². The predicted molar refractivity (Wildman–Crippen MR) is 109 cm³/mol. The number of primary amides is 1. The highest BCUT2D eigenvalue weighted by Crippen LogP contribution is 2.48. The molecule has 3 aromatic rings. The SMILES string of the molecule is COc1sc(C(N)=O)c([C@@H](CN)Cc2cccc(F)c2)c1-c1c(Cl)cnn1C. The van der Waals surface area contributed by atoms with Gasteiger partial charge in [-0.25, -0.2) is 4.39 Å². The molecule has 3 rings (SSSR count). The van der Waals surface area contributed by atoms with Crippen LogP contribution >= 0.6 is 22.9 Å². The number of ether oxygens (including phenoxy) is 1. The average molecular weight is 423 g/mol. The van der Waals surface area contributed by atoms with Crippen LogP contribution in [0.3, 0.4) is 0 Å². The summed E-state index contributed by atoms with van der Waals surface area (Å²) in [4.78, 5) is 12.5. The van der Waals surface area contributed by atoms with Crippen LogP contribution in [0.2, 0.25) is 5.02 Å². The Labute approximate surface area is 170 Å². The Morgan fingerprint density at radius 1 is 1.46 bits per heavy atom. The van der Waals surface area contributed by atoms with Gasteiger partial charge in [-0.15, -0.1) is 0 Å². The van der Waals surface area contributed by atoms with E-state index in [9.17, 15) is 9.18 Å². The summed E-state index contributed by atoms with van der Waals surface area (Å²) in [5.74, 6) is -1.22. The number of nitrogens with zero attached hydrogens (tertiary/aromatic N) is 2. The fourth-order valence-corrected chi connectivity index (χ4v) is 4.62. The van der Waals surface area contributed by atoms with E-state index < -0.39 is 5.91 Å². The fourth-order valence-electron chi connectivity index (χ4n) is 3.31. The zero-order valence-electron chi connectivity index (χ0n) is 15.4. The first-order valence-electron chi connectivity index (χ1n) is 8.50. The minimum absolute atomic E-state index is 0.221. The van der Waals surface area contributed by atoms with Crippen molar-refractivity contribution in [1.82, 2.24) is 9.78 Å². The van der Waals surface area contributed by atoms with Crippen LogP contribution in [0.25, 0.3) is 11.3 Å². The summed E-state index contributed by atoms with van der Waals surface area (Å²) in [6, 6.07) is 6.29. The van der Waals surface area contributed by atoms with Crippen LogP contribution in [-0.4, -0.2) is 29.3 Å². The molecular formula is C19H20ClFN4O2S. The Balaban J connectivity index is 2.22. The fraction of sp³-hybridized carbons (Fsp3) is 0.263. The number of carbonyl (C=O) groups excluding carboxylic acids is 1. The molecule has 2 heterocycles. The smallest absolute Gasteiger partial charge is 0.259 e. The highest BCUT2D eigenvalue weighted by Gasteiger charge is 2.31. The van der Waals surface area contributed by atoms with Gasteiger partial charge in [0.2, 0.25) is 0 Å². The van der Waals surface area contributed by atoms with Gasteiger partial charge in [0.15, 0.2) is 5.06 Å². The quantitative estimate of drug-likeness (QED) is 0.610. The zero-order valence-corrected chi connectivity index (χ0v) is 17.0. The summed E-state index contributed by atoms with van der Waals surface area (Å²) in [6.45, 7) is 0.221. The number of hydrogen-bond donors (Lipinski definition) is 2. The van der Waals surface area contributed by atoms with E-state index in [0.29, 0.717) is 38.2 Å². The van der Waals surface area contributed by atoms with Crippen molar-refractivity contribution in [3.63, 3.8) is 0 Å². The summed E-state index contributed by atoms with van der Waals surface area (Å²) in [5.41, 5.74) is 14.4. The number of carbonyl (C=O) groups is 1. The number of nitrogens with two attached hydrogens (primary N) is 2. The van der Waals surface area contributed by atoms with Gasteiger partial charge < -0.3 is 16.2 Å². The molecule has 148 valence electrons. The first-order chi connectivity index (χ1) is 13.4. The molecule has 1 atom stereocenters.